The second-order valence-corrected chi connectivity index (χ2v) is 1.86. The van der Waals surface area contributed by atoms with Crippen molar-refractivity contribution < 1.29 is 14.3 Å². The maximum atomic E-state index is 10.3. The zero-order valence-corrected chi connectivity index (χ0v) is 7.37. The van der Waals surface area contributed by atoms with Crippen LogP contribution < -0.4 is 0 Å². The van der Waals surface area contributed by atoms with E-state index >= 15 is 0 Å². The summed E-state index contributed by atoms with van der Waals surface area (Å²) in [5.41, 5.74) is 0. The van der Waals surface area contributed by atoms with Gasteiger partial charge in [-0.05, 0) is 6.42 Å². The lowest BCUT2D eigenvalue weighted by Gasteiger charge is -1.93. The predicted octanol–water partition coefficient (Wildman–Crippen LogP) is 1.06. The van der Waals surface area contributed by atoms with Crippen LogP contribution in [0.2, 0.25) is 0 Å². The second-order valence-electron chi connectivity index (χ2n) is 1.86. The molecule has 0 aliphatic carbocycles. The summed E-state index contributed by atoms with van der Waals surface area (Å²) in [5.74, 6) is -0.253. The lowest BCUT2D eigenvalue weighted by molar-refractivity contribution is -0.140. The molecule has 0 spiro atoms. The number of ether oxygens (including phenoxy) is 1. The van der Waals surface area contributed by atoms with E-state index in [0.29, 0.717) is 19.3 Å². The molecule has 4 heteroatoms. The number of nitrogens with zero attached hydrogens (tertiary/aromatic N) is 1. The molecule has 0 radical (unpaired) electrons. The smallest absolute Gasteiger partial charge is 0.305 e. The highest BCUT2D eigenvalue weighted by molar-refractivity contribution is 5.69. The normalized spacial score (nSPS) is 7.08. The molecule has 4 nitrogen and oxygen atoms in total. The highest BCUT2D eigenvalue weighted by atomic mass is 16.5. The van der Waals surface area contributed by atoms with Gasteiger partial charge in [-0.3, -0.25) is 4.79 Å². The number of hydrogen-bond donors (Lipinski definition) is 0. The van der Waals surface area contributed by atoms with Crippen molar-refractivity contribution in [1.82, 2.24) is 0 Å². The van der Waals surface area contributed by atoms with Crippen LogP contribution in [0.25, 0.3) is 0 Å². The topological polar surface area (TPSA) is 67.2 Å². The van der Waals surface area contributed by atoms with Crippen LogP contribution in [0.15, 0.2) is 0 Å². The van der Waals surface area contributed by atoms with Crippen LogP contribution in [0, 0.1) is 11.3 Å². The third-order valence-electron chi connectivity index (χ3n) is 0.931. The van der Waals surface area contributed by atoms with Crippen molar-refractivity contribution in [2.24, 2.45) is 0 Å². The van der Waals surface area contributed by atoms with Gasteiger partial charge >= 0.3 is 5.97 Å². The van der Waals surface area contributed by atoms with Crippen molar-refractivity contribution in [2.75, 3.05) is 7.11 Å². The lowest BCUT2D eigenvalue weighted by Crippen LogP contribution is -1.99. The number of carbonyl (C=O) groups excluding carboxylic acids is 2. The Bertz CT molecular complexity index is 160. The molecule has 0 saturated carbocycles. The number of rotatable bonds is 4. The summed E-state index contributed by atoms with van der Waals surface area (Å²) in [6, 6.07) is 1.75. The SMILES string of the molecule is CC#N.COC(=O)CCCC=O. The summed E-state index contributed by atoms with van der Waals surface area (Å²) in [6.07, 6.45) is 2.17. The van der Waals surface area contributed by atoms with Gasteiger partial charge in [0.05, 0.1) is 13.2 Å². The molecule has 0 heterocycles. The quantitative estimate of drug-likeness (QED) is 0.360. The Balaban J connectivity index is 0. The lowest BCUT2D eigenvalue weighted by atomic mass is 10.2. The van der Waals surface area contributed by atoms with E-state index in [1.807, 2.05) is 0 Å². The van der Waals surface area contributed by atoms with E-state index in [2.05, 4.69) is 4.74 Å². The van der Waals surface area contributed by atoms with Crippen LogP contribution in [0.5, 0.6) is 0 Å². The number of carbonyl (C=O) groups is 2. The molecule has 0 unspecified atom stereocenters. The number of hydrogen-bond acceptors (Lipinski definition) is 4. The van der Waals surface area contributed by atoms with Crippen LogP contribution in [-0.4, -0.2) is 19.4 Å². The molecular formula is C8H13NO3. The van der Waals surface area contributed by atoms with E-state index in [1.165, 1.54) is 14.0 Å². The van der Waals surface area contributed by atoms with E-state index in [4.69, 9.17) is 5.26 Å². The summed E-state index contributed by atoms with van der Waals surface area (Å²) in [6.45, 7) is 1.43. The summed E-state index contributed by atoms with van der Waals surface area (Å²) in [5, 5.41) is 7.32. The molecule has 0 atom stereocenters. The largest absolute Gasteiger partial charge is 0.469 e. The Morgan fingerprint density at radius 2 is 2.17 bits per heavy atom. The monoisotopic (exact) mass is 171 g/mol. The standard InChI is InChI=1S/C6H10O3.C2H3N/c1-9-6(8)4-2-3-5-7;1-2-3/h5H,2-4H2,1H3;1H3. The third-order valence-corrected chi connectivity index (χ3v) is 0.931. The zero-order valence-electron chi connectivity index (χ0n) is 7.37. The van der Waals surface area contributed by atoms with E-state index in [0.717, 1.165) is 6.29 Å². The van der Waals surface area contributed by atoms with Gasteiger partial charge in [-0.2, -0.15) is 5.26 Å². The molecule has 0 aliphatic rings. The van der Waals surface area contributed by atoms with Gasteiger partial charge in [-0.15, -0.1) is 0 Å². The van der Waals surface area contributed by atoms with Crippen molar-refractivity contribution in [3.8, 4) is 6.07 Å². The Hall–Kier alpha value is -1.37. The van der Waals surface area contributed by atoms with Crippen molar-refractivity contribution in [1.29, 1.82) is 5.26 Å². The number of aldehydes is 1. The van der Waals surface area contributed by atoms with Gasteiger partial charge in [-0.1, -0.05) is 0 Å². The van der Waals surface area contributed by atoms with E-state index < -0.39 is 0 Å². The Kier molecular flexibility index (Phi) is 13.6. The number of esters is 1. The molecule has 12 heavy (non-hydrogen) atoms. The molecule has 0 aliphatic heterocycles. The van der Waals surface area contributed by atoms with Crippen LogP contribution in [-0.2, 0) is 14.3 Å². The van der Waals surface area contributed by atoms with E-state index in [9.17, 15) is 9.59 Å². The van der Waals surface area contributed by atoms with Gasteiger partial charge in [0, 0.05) is 19.8 Å². The maximum Gasteiger partial charge on any atom is 0.305 e. The van der Waals surface area contributed by atoms with Crippen LogP contribution in [0.4, 0.5) is 0 Å². The number of nitriles is 1. The van der Waals surface area contributed by atoms with E-state index in [1.54, 1.807) is 6.07 Å². The highest BCUT2D eigenvalue weighted by Crippen LogP contribution is 1.93. The molecular weight excluding hydrogens is 158 g/mol. The zero-order chi connectivity index (χ0) is 9.82. The minimum atomic E-state index is -0.253. The fourth-order valence-corrected chi connectivity index (χ4v) is 0.432. The first kappa shape index (κ1) is 13.2. The van der Waals surface area contributed by atoms with Gasteiger partial charge < -0.3 is 9.53 Å². The van der Waals surface area contributed by atoms with Crippen molar-refractivity contribution in [3.63, 3.8) is 0 Å². The Labute approximate surface area is 72.1 Å². The van der Waals surface area contributed by atoms with Gasteiger partial charge in [0.25, 0.3) is 0 Å². The van der Waals surface area contributed by atoms with Gasteiger partial charge in [0.15, 0.2) is 0 Å². The number of methoxy groups -OCH3 is 1. The molecule has 0 aromatic heterocycles. The third kappa shape index (κ3) is 15.9. The van der Waals surface area contributed by atoms with Crippen LogP contribution in [0.1, 0.15) is 26.2 Å². The van der Waals surface area contributed by atoms with Crippen molar-refractivity contribution in [2.45, 2.75) is 26.2 Å². The first-order valence-corrected chi connectivity index (χ1v) is 3.54. The fourth-order valence-electron chi connectivity index (χ4n) is 0.432. The van der Waals surface area contributed by atoms with Crippen LogP contribution >= 0.6 is 0 Å². The Morgan fingerprint density at radius 3 is 2.50 bits per heavy atom. The minimum absolute atomic E-state index is 0.253. The molecule has 0 saturated heterocycles. The molecule has 0 amide bonds. The first-order valence-electron chi connectivity index (χ1n) is 3.54. The van der Waals surface area contributed by atoms with Crippen LogP contribution in [0.3, 0.4) is 0 Å². The highest BCUT2D eigenvalue weighted by Gasteiger charge is 1.96. The first-order chi connectivity index (χ1) is 5.72. The number of unbranched alkanes of at least 4 members (excludes halogenated alkanes) is 1. The average Bonchev–Trinajstić information content (AvgIpc) is 2.06. The fraction of sp³-hybridized carbons (Fsp3) is 0.625. The molecule has 0 bridgehead atoms. The molecule has 0 rings (SSSR count). The molecule has 68 valence electrons. The van der Waals surface area contributed by atoms with Gasteiger partial charge in [0.2, 0.25) is 0 Å². The van der Waals surface area contributed by atoms with E-state index in [-0.39, 0.29) is 5.97 Å². The molecule has 0 N–H and O–H groups in total. The molecule has 0 fully saturated rings. The van der Waals surface area contributed by atoms with Crippen molar-refractivity contribution in [3.05, 3.63) is 0 Å². The summed E-state index contributed by atoms with van der Waals surface area (Å²) < 4.78 is 4.34. The van der Waals surface area contributed by atoms with Gasteiger partial charge in [-0.25, -0.2) is 0 Å². The predicted molar refractivity (Wildman–Crippen MR) is 43.2 cm³/mol. The Morgan fingerprint density at radius 1 is 1.67 bits per heavy atom. The summed E-state index contributed by atoms with van der Waals surface area (Å²) in [4.78, 5) is 20.1. The summed E-state index contributed by atoms with van der Waals surface area (Å²) >= 11 is 0. The minimum Gasteiger partial charge on any atom is -0.469 e. The molecule has 0 aromatic rings. The maximum absolute atomic E-state index is 10.3. The van der Waals surface area contributed by atoms with Gasteiger partial charge in [0.1, 0.15) is 6.29 Å². The van der Waals surface area contributed by atoms with Crippen molar-refractivity contribution >= 4 is 12.3 Å². The average molecular weight is 171 g/mol. The summed E-state index contributed by atoms with van der Waals surface area (Å²) in [7, 11) is 1.34. The second kappa shape index (κ2) is 12.3. The molecule has 0 aromatic carbocycles.